The number of hydrogen-bond acceptors (Lipinski definition) is 9. The highest BCUT2D eigenvalue weighted by Gasteiger charge is 2.57. The fourth-order valence-electron chi connectivity index (χ4n) is 1.55. The van der Waals surface area contributed by atoms with Gasteiger partial charge in [-0.05, 0) is 18.9 Å². The number of rotatable bonds is 5. The van der Waals surface area contributed by atoms with Crippen molar-refractivity contribution in [2.24, 2.45) is 0 Å². The minimum absolute atomic E-state index is 0.0470. The molecule has 33 heavy (non-hydrogen) atoms. The average molecular weight is 565 g/mol. The van der Waals surface area contributed by atoms with E-state index < -0.39 is 58.2 Å². The Balaban J connectivity index is 0.000000337. The van der Waals surface area contributed by atoms with Gasteiger partial charge in [-0.3, -0.25) is 4.79 Å². The van der Waals surface area contributed by atoms with Crippen molar-refractivity contribution in [2.45, 2.75) is 35.4 Å². The molecule has 1 aliphatic rings. The normalized spacial score (nSPS) is 16.0. The molecule has 0 unspecified atom stereocenters. The summed E-state index contributed by atoms with van der Waals surface area (Å²) in [6.45, 7) is 0. The maximum absolute atomic E-state index is 12.0. The fourth-order valence-corrected chi connectivity index (χ4v) is 3.56. The van der Waals surface area contributed by atoms with Crippen molar-refractivity contribution in [1.82, 2.24) is 4.57 Å². The third-order valence-electron chi connectivity index (χ3n) is 3.10. The van der Waals surface area contributed by atoms with Gasteiger partial charge in [0.2, 0.25) is 0 Å². The molecular weight excluding hydrogens is 557 g/mol. The Kier molecular flexibility index (Phi) is 7.85. The molecule has 1 aromatic rings. The largest absolute Gasteiger partial charge is 0.534 e. The standard InChI is InChI=1S/C9H8F3NO4S.C2F6O5S2/c10-9(11,12)18(15,16)17-7-3-4-13(6-1-2-6)8(14)5-7;3-1(4,5)14(9,10)13-15(11,12)2(6,7)8/h3-6H,1-2H2;. The summed E-state index contributed by atoms with van der Waals surface area (Å²) in [5.74, 6) is -0.644. The van der Waals surface area contributed by atoms with Crippen LogP contribution in [0, 0.1) is 0 Å². The van der Waals surface area contributed by atoms with E-state index in [0.29, 0.717) is 0 Å². The summed E-state index contributed by atoms with van der Waals surface area (Å²) in [7, 11) is -19.4. The zero-order chi connectivity index (χ0) is 26.3. The summed E-state index contributed by atoms with van der Waals surface area (Å²) in [5.41, 5.74) is -18.6. The van der Waals surface area contributed by atoms with E-state index in [9.17, 15) is 69.6 Å². The fraction of sp³-hybridized carbons (Fsp3) is 0.545. The van der Waals surface area contributed by atoms with Gasteiger partial charge in [0.15, 0.2) is 0 Å². The number of nitrogens with zero attached hydrogens (tertiary/aromatic N) is 1. The number of halogens is 9. The van der Waals surface area contributed by atoms with Gasteiger partial charge in [0.05, 0.1) is 0 Å². The Morgan fingerprint density at radius 3 is 1.45 bits per heavy atom. The lowest BCUT2D eigenvalue weighted by atomic mass is 10.4. The first-order valence-corrected chi connectivity index (χ1v) is 11.7. The van der Waals surface area contributed by atoms with Crippen LogP contribution in [0.15, 0.2) is 23.1 Å². The van der Waals surface area contributed by atoms with E-state index in [0.717, 1.165) is 25.0 Å². The van der Waals surface area contributed by atoms with Crippen LogP contribution in [0.2, 0.25) is 0 Å². The molecule has 1 aliphatic carbocycles. The minimum atomic E-state index is -6.85. The predicted octanol–water partition coefficient (Wildman–Crippen LogP) is 2.11. The van der Waals surface area contributed by atoms with Crippen LogP contribution >= 0.6 is 0 Å². The molecule has 0 saturated heterocycles. The summed E-state index contributed by atoms with van der Waals surface area (Å²) in [6.07, 6.45) is 2.86. The highest BCUT2D eigenvalue weighted by atomic mass is 32.3. The number of hydrogen-bond donors (Lipinski definition) is 0. The van der Waals surface area contributed by atoms with Crippen LogP contribution in [-0.4, -0.2) is 46.3 Å². The van der Waals surface area contributed by atoms with Crippen LogP contribution < -0.4 is 9.74 Å². The molecule has 0 bridgehead atoms. The highest BCUT2D eigenvalue weighted by molar-refractivity contribution is 8.00. The molecule has 1 aromatic heterocycles. The first-order chi connectivity index (χ1) is 14.4. The number of aromatic nitrogens is 1. The van der Waals surface area contributed by atoms with Crippen molar-refractivity contribution < 1.29 is 72.6 Å². The Morgan fingerprint density at radius 2 is 1.15 bits per heavy atom. The lowest BCUT2D eigenvalue weighted by molar-refractivity contribution is -0.0586. The third kappa shape index (κ3) is 7.46. The van der Waals surface area contributed by atoms with E-state index in [1.165, 1.54) is 10.8 Å². The molecule has 1 heterocycles. The monoisotopic (exact) mass is 565 g/mol. The SMILES string of the molecule is O=S(=O)(OS(=O)(=O)C(F)(F)F)C(F)(F)F.O=c1cc(OS(=O)(=O)C(F)(F)F)ccn1C1CC1. The number of pyridine rings is 1. The smallest absolute Gasteiger partial charge is 0.376 e. The molecule has 192 valence electrons. The topological polar surface area (TPSA) is 143 Å². The first kappa shape index (κ1) is 29.0. The predicted molar refractivity (Wildman–Crippen MR) is 85.6 cm³/mol. The van der Waals surface area contributed by atoms with Gasteiger partial charge in [0.25, 0.3) is 5.56 Å². The molecule has 0 aliphatic heterocycles. The summed E-state index contributed by atoms with van der Waals surface area (Å²) in [6, 6.07) is 1.79. The van der Waals surface area contributed by atoms with E-state index in [2.05, 4.69) is 4.18 Å². The van der Waals surface area contributed by atoms with Crippen LogP contribution in [0.1, 0.15) is 18.9 Å². The van der Waals surface area contributed by atoms with Gasteiger partial charge < -0.3 is 8.75 Å². The maximum atomic E-state index is 12.0. The van der Waals surface area contributed by atoms with E-state index in [4.69, 9.17) is 0 Å². The molecule has 0 N–H and O–H groups in total. The van der Waals surface area contributed by atoms with E-state index in [-0.39, 0.29) is 6.04 Å². The average Bonchev–Trinajstić information content (AvgIpc) is 3.35. The summed E-state index contributed by atoms with van der Waals surface area (Å²) >= 11 is 0. The lowest BCUT2D eigenvalue weighted by Crippen LogP contribution is -2.34. The Hall–Kier alpha value is -2.07. The zero-order valence-electron chi connectivity index (χ0n) is 15.0. The lowest BCUT2D eigenvalue weighted by Gasteiger charge is -2.10. The minimum Gasteiger partial charge on any atom is -0.376 e. The van der Waals surface area contributed by atoms with Crippen molar-refractivity contribution in [3.63, 3.8) is 0 Å². The van der Waals surface area contributed by atoms with Gasteiger partial charge in [-0.2, -0.15) is 64.8 Å². The Morgan fingerprint density at radius 1 is 0.758 bits per heavy atom. The van der Waals surface area contributed by atoms with E-state index >= 15 is 0 Å². The molecule has 0 radical (unpaired) electrons. The first-order valence-electron chi connectivity index (χ1n) is 7.48. The van der Waals surface area contributed by atoms with Gasteiger partial charge in [0, 0.05) is 18.3 Å². The molecule has 1 saturated carbocycles. The van der Waals surface area contributed by atoms with Crippen molar-refractivity contribution >= 4 is 30.4 Å². The van der Waals surface area contributed by atoms with Crippen LogP contribution in [0.25, 0.3) is 0 Å². The second-order valence-corrected chi connectivity index (χ2v) is 10.5. The quantitative estimate of drug-likeness (QED) is 0.298. The molecule has 1 fully saturated rings. The highest BCUT2D eigenvalue weighted by Crippen LogP contribution is 2.34. The van der Waals surface area contributed by atoms with Gasteiger partial charge >= 0.3 is 46.9 Å². The molecule has 22 heteroatoms. The van der Waals surface area contributed by atoms with Crippen LogP contribution in [-0.2, 0) is 34.0 Å². The van der Waals surface area contributed by atoms with Crippen molar-refractivity contribution in [2.75, 3.05) is 0 Å². The Labute approximate surface area is 177 Å². The van der Waals surface area contributed by atoms with E-state index in [1.54, 1.807) is 0 Å². The summed E-state index contributed by atoms with van der Waals surface area (Å²) in [4.78, 5) is 11.5. The molecule has 0 spiro atoms. The third-order valence-corrected chi connectivity index (χ3v) is 6.64. The van der Waals surface area contributed by atoms with Crippen LogP contribution in [0.3, 0.4) is 0 Å². The molecular formula is C11H8F9NO9S3. The zero-order valence-corrected chi connectivity index (χ0v) is 17.4. The molecule has 0 atom stereocenters. The Bertz CT molecular complexity index is 1200. The van der Waals surface area contributed by atoms with Gasteiger partial charge in [0.1, 0.15) is 5.75 Å². The van der Waals surface area contributed by atoms with Gasteiger partial charge in [-0.1, -0.05) is 0 Å². The molecule has 2 rings (SSSR count). The molecule has 0 amide bonds. The second kappa shape index (κ2) is 8.94. The van der Waals surface area contributed by atoms with Gasteiger partial charge in [-0.25, -0.2) is 0 Å². The summed E-state index contributed by atoms with van der Waals surface area (Å²) in [5, 5.41) is 0. The van der Waals surface area contributed by atoms with Crippen molar-refractivity contribution in [1.29, 1.82) is 0 Å². The van der Waals surface area contributed by atoms with E-state index in [1.807, 2.05) is 3.63 Å². The van der Waals surface area contributed by atoms with Crippen molar-refractivity contribution in [3.8, 4) is 5.75 Å². The second-order valence-electron chi connectivity index (χ2n) is 5.69. The van der Waals surface area contributed by atoms with Gasteiger partial charge in [-0.15, -0.1) is 3.63 Å². The number of alkyl halides is 9. The molecule has 10 nitrogen and oxygen atoms in total. The van der Waals surface area contributed by atoms with Crippen molar-refractivity contribution in [3.05, 3.63) is 28.7 Å². The van der Waals surface area contributed by atoms with Crippen LogP contribution in [0.4, 0.5) is 39.5 Å². The van der Waals surface area contributed by atoms with Crippen LogP contribution in [0.5, 0.6) is 5.75 Å². The maximum Gasteiger partial charge on any atom is 0.534 e. The summed E-state index contributed by atoms with van der Waals surface area (Å²) < 4.78 is 173. The molecule has 0 aromatic carbocycles.